The molecule has 1 atom stereocenters. The Morgan fingerprint density at radius 1 is 1.47 bits per heavy atom. The number of nitrogens with two attached hydrogens (primary N) is 1. The van der Waals surface area contributed by atoms with Crippen molar-refractivity contribution in [3.8, 4) is 0 Å². The first-order valence-electron chi connectivity index (χ1n) is 6.60. The van der Waals surface area contributed by atoms with Gasteiger partial charge in [-0.15, -0.1) is 0 Å². The van der Waals surface area contributed by atoms with Gasteiger partial charge in [0.15, 0.2) is 0 Å². The number of rotatable bonds is 7. The van der Waals surface area contributed by atoms with Crippen LogP contribution in [-0.4, -0.2) is 28.4 Å². The van der Waals surface area contributed by atoms with Gasteiger partial charge >= 0.3 is 0 Å². The van der Waals surface area contributed by atoms with Crippen molar-refractivity contribution in [2.75, 3.05) is 6.54 Å². The van der Waals surface area contributed by atoms with Crippen molar-refractivity contribution in [2.24, 2.45) is 11.1 Å². The molecule has 2 N–H and O–H groups in total. The van der Waals surface area contributed by atoms with Gasteiger partial charge in [-0.05, 0) is 32.6 Å². The Morgan fingerprint density at radius 2 is 2.06 bits per heavy atom. The summed E-state index contributed by atoms with van der Waals surface area (Å²) in [7, 11) is 0. The Labute approximate surface area is 110 Å². The van der Waals surface area contributed by atoms with Gasteiger partial charge in [-0.3, -0.25) is 4.79 Å². The second-order valence-corrected chi connectivity index (χ2v) is 5.50. The minimum atomic E-state index is -0.494. The summed E-state index contributed by atoms with van der Waals surface area (Å²) in [6.07, 6.45) is 4.78. The van der Waals surface area contributed by atoms with Crippen LogP contribution in [0.2, 0.25) is 0 Å². The highest BCUT2D eigenvalue weighted by Gasteiger charge is 2.54. The zero-order chi connectivity index (χ0) is 13.1. The van der Waals surface area contributed by atoms with E-state index in [-0.39, 0.29) is 11.9 Å². The number of hydrogen-bond acceptors (Lipinski definition) is 2. The number of carbonyl (C=O) groups is 1. The highest BCUT2D eigenvalue weighted by molar-refractivity contribution is 7.80. The molecule has 0 radical (unpaired) electrons. The summed E-state index contributed by atoms with van der Waals surface area (Å²) in [6, 6.07) is 0.279. The van der Waals surface area contributed by atoms with Gasteiger partial charge < -0.3 is 10.6 Å². The topological polar surface area (TPSA) is 46.3 Å². The lowest BCUT2D eigenvalue weighted by Crippen LogP contribution is -2.47. The quantitative estimate of drug-likeness (QED) is 0.712. The molecule has 1 unspecified atom stereocenters. The van der Waals surface area contributed by atoms with Crippen LogP contribution >= 0.6 is 12.2 Å². The van der Waals surface area contributed by atoms with Crippen molar-refractivity contribution in [3.63, 3.8) is 0 Å². The summed E-state index contributed by atoms with van der Waals surface area (Å²) in [4.78, 5) is 14.9. The maximum absolute atomic E-state index is 12.5. The Hall–Kier alpha value is -0.640. The fourth-order valence-corrected chi connectivity index (χ4v) is 2.33. The van der Waals surface area contributed by atoms with Crippen molar-refractivity contribution in [1.29, 1.82) is 0 Å². The number of carbonyl (C=O) groups excluding carboxylic acids is 1. The third kappa shape index (κ3) is 2.97. The predicted molar refractivity (Wildman–Crippen MR) is 74.8 cm³/mol. The molecule has 1 aliphatic carbocycles. The van der Waals surface area contributed by atoms with E-state index >= 15 is 0 Å². The molecular formula is C13H24N2OS. The third-order valence-corrected chi connectivity index (χ3v) is 4.16. The van der Waals surface area contributed by atoms with Crippen molar-refractivity contribution >= 4 is 23.1 Å². The predicted octanol–water partition coefficient (Wildman–Crippen LogP) is 2.48. The van der Waals surface area contributed by atoms with Crippen molar-refractivity contribution < 1.29 is 4.79 Å². The Morgan fingerprint density at radius 3 is 2.41 bits per heavy atom. The van der Waals surface area contributed by atoms with Crippen LogP contribution in [0.25, 0.3) is 0 Å². The molecule has 98 valence electrons. The molecule has 0 aliphatic heterocycles. The highest BCUT2D eigenvalue weighted by Crippen LogP contribution is 2.48. The van der Waals surface area contributed by atoms with E-state index in [2.05, 4.69) is 20.8 Å². The maximum atomic E-state index is 12.5. The van der Waals surface area contributed by atoms with Gasteiger partial charge in [0, 0.05) is 12.6 Å². The third-order valence-electron chi connectivity index (χ3n) is 3.77. The number of thiocarbonyl (C=S) groups is 1. The minimum absolute atomic E-state index is 0.160. The molecule has 0 saturated heterocycles. The first-order chi connectivity index (χ1) is 7.99. The summed E-state index contributed by atoms with van der Waals surface area (Å²) in [6.45, 7) is 7.18. The summed E-state index contributed by atoms with van der Waals surface area (Å²) in [5, 5.41) is 0. The summed E-state index contributed by atoms with van der Waals surface area (Å²) >= 11 is 5.06. The minimum Gasteiger partial charge on any atom is -0.392 e. The van der Waals surface area contributed by atoms with E-state index in [1.54, 1.807) is 0 Å². The Balaban J connectivity index is 2.76. The Bertz CT molecular complexity index is 300. The molecule has 0 aromatic heterocycles. The van der Waals surface area contributed by atoms with Crippen molar-refractivity contribution in [1.82, 2.24) is 4.90 Å². The van der Waals surface area contributed by atoms with Gasteiger partial charge in [-0.1, -0.05) is 32.5 Å². The number of nitrogens with zero attached hydrogens (tertiary/aromatic N) is 1. The molecule has 1 amide bonds. The lowest BCUT2D eigenvalue weighted by molar-refractivity contribution is -0.136. The van der Waals surface area contributed by atoms with Crippen LogP contribution < -0.4 is 5.73 Å². The maximum Gasteiger partial charge on any atom is 0.235 e. The molecule has 0 spiro atoms. The SMILES string of the molecule is CCCCN(C(=O)C1(C(N)=S)CC1)C(C)CC. The smallest absolute Gasteiger partial charge is 0.235 e. The highest BCUT2D eigenvalue weighted by atomic mass is 32.1. The van der Waals surface area contributed by atoms with Crippen LogP contribution in [-0.2, 0) is 4.79 Å². The van der Waals surface area contributed by atoms with Crippen LogP contribution in [0.3, 0.4) is 0 Å². The summed E-state index contributed by atoms with van der Waals surface area (Å²) in [5.74, 6) is 0.160. The average Bonchev–Trinajstić information content (AvgIpc) is 3.09. The molecule has 3 nitrogen and oxygen atoms in total. The standard InChI is InChI=1S/C13H24N2OS/c1-4-6-9-15(10(3)5-2)12(16)13(7-8-13)11(14)17/h10H,4-9H2,1-3H3,(H2,14,17). The van der Waals surface area contributed by atoms with Gasteiger partial charge in [-0.25, -0.2) is 0 Å². The molecule has 1 saturated carbocycles. The van der Waals surface area contributed by atoms with E-state index < -0.39 is 5.41 Å². The zero-order valence-corrected chi connectivity index (χ0v) is 12.0. The van der Waals surface area contributed by atoms with Crippen LogP contribution in [0.15, 0.2) is 0 Å². The molecular weight excluding hydrogens is 232 g/mol. The van der Waals surface area contributed by atoms with Gasteiger partial charge in [0.2, 0.25) is 5.91 Å². The Kier molecular flexibility index (Phi) is 4.92. The summed E-state index contributed by atoms with van der Waals surface area (Å²) in [5.41, 5.74) is 5.23. The van der Waals surface area contributed by atoms with Crippen molar-refractivity contribution in [2.45, 2.75) is 58.9 Å². The second kappa shape index (κ2) is 5.80. The second-order valence-electron chi connectivity index (χ2n) is 5.06. The normalized spacial score (nSPS) is 18.5. The van der Waals surface area contributed by atoms with Crippen molar-refractivity contribution in [3.05, 3.63) is 0 Å². The average molecular weight is 256 g/mol. The van der Waals surface area contributed by atoms with E-state index in [9.17, 15) is 4.79 Å². The summed E-state index contributed by atoms with van der Waals surface area (Å²) < 4.78 is 0. The van der Waals surface area contributed by atoms with Crippen LogP contribution in [0.5, 0.6) is 0 Å². The molecule has 0 heterocycles. The molecule has 0 aromatic carbocycles. The zero-order valence-electron chi connectivity index (χ0n) is 11.2. The largest absolute Gasteiger partial charge is 0.392 e. The number of amides is 1. The van der Waals surface area contributed by atoms with E-state index in [1.165, 1.54) is 0 Å². The van der Waals surface area contributed by atoms with E-state index in [1.807, 2.05) is 4.90 Å². The molecule has 1 fully saturated rings. The van der Waals surface area contributed by atoms with Gasteiger partial charge in [-0.2, -0.15) is 0 Å². The van der Waals surface area contributed by atoms with E-state index in [0.717, 1.165) is 38.6 Å². The van der Waals surface area contributed by atoms with Gasteiger partial charge in [0.1, 0.15) is 0 Å². The monoisotopic (exact) mass is 256 g/mol. The van der Waals surface area contributed by atoms with Crippen LogP contribution in [0, 0.1) is 5.41 Å². The molecule has 1 rings (SSSR count). The lowest BCUT2D eigenvalue weighted by Gasteiger charge is -2.32. The molecule has 4 heteroatoms. The fraction of sp³-hybridized carbons (Fsp3) is 0.846. The van der Waals surface area contributed by atoms with Crippen LogP contribution in [0.1, 0.15) is 52.9 Å². The number of unbranched alkanes of at least 4 members (excludes halogenated alkanes) is 1. The molecule has 0 aromatic rings. The molecule has 0 bridgehead atoms. The first kappa shape index (κ1) is 14.4. The number of hydrogen-bond donors (Lipinski definition) is 1. The van der Waals surface area contributed by atoms with Gasteiger partial charge in [0.05, 0.1) is 10.4 Å². The fourth-order valence-electron chi connectivity index (χ4n) is 2.04. The molecule has 1 aliphatic rings. The van der Waals surface area contributed by atoms with Crippen LogP contribution in [0.4, 0.5) is 0 Å². The lowest BCUT2D eigenvalue weighted by atomic mass is 10.0. The first-order valence-corrected chi connectivity index (χ1v) is 7.01. The van der Waals surface area contributed by atoms with Gasteiger partial charge in [0.25, 0.3) is 0 Å². The van der Waals surface area contributed by atoms with E-state index in [0.29, 0.717) is 4.99 Å². The van der Waals surface area contributed by atoms with E-state index in [4.69, 9.17) is 18.0 Å². The molecule has 17 heavy (non-hydrogen) atoms.